The van der Waals surface area contributed by atoms with Gasteiger partial charge in [-0.15, -0.1) is 11.6 Å². The highest BCUT2D eigenvalue weighted by molar-refractivity contribution is 6.19. The molecule has 0 radical (unpaired) electrons. The molecule has 1 rings (SSSR count). The highest BCUT2D eigenvalue weighted by Gasteiger charge is 2.34. The second-order valence-electron chi connectivity index (χ2n) is 3.88. The highest BCUT2D eigenvalue weighted by Crippen LogP contribution is 2.22. The minimum Gasteiger partial charge on any atom is -0.282 e. The molecule has 0 spiro atoms. The molecule has 1 saturated heterocycles. The van der Waals surface area contributed by atoms with Gasteiger partial charge in [-0.2, -0.15) is 0 Å². The third-order valence-electron chi connectivity index (χ3n) is 2.70. The maximum atomic E-state index is 11.7. The van der Waals surface area contributed by atoms with Crippen LogP contribution in [0.5, 0.6) is 0 Å². The Balaban J connectivity index is 2.61. The van der Waals surface area contributed by atoms with Crippen LogP contribution >= 0.6 is 11.6 Å². The molecule has 4 heteroatoms. The largest absolute Gasteiger partial charge is 0.282 e. The van der Waals surface area contributed by atoms with Crippen molar-refractivity contribution in [1.82, 2.24) is 4.90 Å². The molecule has 3 nitrogen and oxygen atoms in total. The van der Waals surface area contributed by atoms with E-state index in [0.717, 1.165) is 6.42 Å². The molecule has 1 aliphatic rings. The molecule has 2 unspecified atom stereocenters. The van der Waals surface area contributed by atoms with Gasteiger partial charge in [0.1, 0.15) is 0 Å². The van der Waals surface area contributed by atoms with E-state index in [4.69, 9.17) is 11.6 Å². The van der Waals surface area contributed by atoms with Crippen molar-refractivity contribution in [3.63, 3.8) is 0 Å². The number of carbonyl (C=O) groups excluding carboxylic acids is 2. The number of carbonyl (C=O) groups is 2. The third-order valence-corrected chi connectivity index (χ3v) is 3.16. The predicted octanol–water partition coefficient (Wildman–Crippen LogP) is 1.65. The van der Waals surface area contributed by atoms with Crippen LogP contribution in [0, 0.1) is 11.8 Å². The van der Waals surface area contributed by atoms with Gasteiger partial charge in [0.25, 0.3) is 0 Å². The van der Waals surface area contributed by atoms with E-state index in [0.29, 0.717) is 18.9 Å². The Morgan fingerprint density at radius 1 is 1.71 bits per heavy atom. The van der Waals surface area contributed by atoms with E-state index in [1.807, 2.05) is 6.92 Å². The Morgan fingerprint density at radius 2 is 2.36 bits per heavy atom. The van der Waals surface area contributed by atoms with E-state index < -0.39 is 0 Å². The van der Waals surface area contributed by atoms with E-state index in [1.165, 1.54) is 4.90 Å². The van der Waals surface area contributed by atoms with Gasteiger partial charge in [0, 0.05) is 24.8 Å². The molecule has 2 atom stereocenters. The van der Waals surface area contributed by atoms with Gasteiger partial charge in [-0.25, -0.2) is 0 Å². The first-order valence-electron chi connectivity index (χ1n) is 5.00. The van der Waals surface area contributed by atoms with Gasteiger partial charge in [0.2, 0.25) is 11.8 Å². The van der Waals surface area contributed by atoms with Crippen LogP contribution in [0.3, 0.4) is 0 Å². The molecule has 0 N–H and O–H groups in total. The van der Waals surface area contributed by atoms with Crippen LogP contribution < -0.4 is 0 Å². The fourth-order valence-electron chi connectivity index (χ4n) is 1.60. The molecule has 0 bridgehead atoms. The molecular weight excluding hydrogens is 202 g/mol. The van der Waals surface area contributed by atoms with Gasteiger partial charge >= 0.3 is 0 Å². The zero-order chi connectivity index (χ0) is 10.7. The maximum absolute atomic E-state index is 11.7. The number of amides is 2. The smallest absolute Gasteiger partial charge is 0.233 e. The second-order valence-corrected chi connectivity index (χ2v) is 4.18. The van der Waals surface area contributed by atoms with Crippen molar-refractivity contribution in [3.8, 4) is 0 Å². The Kier molecular flexibility index (Phi) is 3.93. The summed E-state index contributed by atoms with van der Waals surface area (Å²) in [6.07, 6.45) is 1.46. The van der Waals surface area contributed by atoms with Gasteiger partial charge in [-0.3, -0.25) is 14.5 Å². The number of imide groups is 1. The first-order valence-corrected chi connectivity index (χ1v) is 5.53. The van der Waals surface area contributed by atoms with Gasteiger partial charge in [-0.05, 0) is 5.92 Å². The lowest BCUT2D eigenvalue weighted by Gasteiger charge is -2.17. The molecule has 14 heavy (non-hydrogen) atoms. The predicted molar refractivity (Wildman–Crippen MR) is 55.0 cm³/mol. The summed E-state index contributed by atoms with van der Waals surface area (Å²) in [5.74, 6) is 0.198. The summed E-state index contributed by atoms with van der Waals surface area (Å²) in [4.78, 5) is 24.5. The average Bonchev–Trinajstić information content (AvgIpc) is 2.57. The lowest BCUT2D eigenvalue weighted by atomic mass is 10.1. The quantitative estimate of drug-likeness (QED) is 0.675. The molecular formula is C10H16ClNO2. The fraction of sp³-hybridized carbons (Fsp3) is 0.800. The highest BCUT2D eigenvalue weighted by atomic mass is 35.5. The number of alkyl halides is 1. The molecule has 0 aromatic heterocycles. The van der Waals surface area contributed by atoms with Crippen molar-refractivity contribution >= 4 is 23.4 Å². The van der Waals surface area contributed by atoms with E-state index in [9.17, 15) is 9.59 Å². The normalized spacial score (nSPS) is 24.1. The second kappa shape index (κ2) is 4.78. The van der Waals surface area contributed by atoms with Gasteiger partial charge in [0.15, 0.2) is 0 Å². The van der Waals surface area contributed by atoms with E-state index >= 15 is 0 Å². The van der Waals surface area contributed by atoms with Crippen LogP contribution in [-0.4, -0.2) is 29.1 Å². The van der Waals surface area contributed by atoms with E-state index in [1.54, 1.807) is 6.92 Å². The van der Waals surface area contributed by atoms with Crippen LogP contribution in [0.15, 0.2) is 0 Å². The summed E-state index contributed by atoms with van der Waals surface area (Å²) in [6.45, 7) is 4.37. The summed E-state index contributed by atoms with van der Waals surface area (Å²) in [7, 11) is 0. The summed E-state index contributed by atoms with van der Waals surface area (Å²) >= 11 is 5.58. The zero-order valence-corrected chi connectivity index (χ0v) is 9.38. The van der Waals surface area contributed by atoms with E-state index in [2.05, 4.69) is 0 Å². The lowest BCUT2D eigenvalue weighted by Crippen LogP contribution is -2.36. The van der Waals surface area contributed by atoms with Crippen LogP contribution in [0.1, 0.15) is 26.7 Å². The van der Waals surface area contributed by atoms with Gasteiger partial charge < -0.3 is 0 Å². The van der Waals surface area contributed by atoms with Crippen LogP contribution in [0.2, 0.25) is 0 Å². The molecule has 0 aromatic carbocycles. The molecule has 1 fully saturated rings. The molecule has 0 aliphatic carbocycles. The first kappa shape index (κ1) is 11.5. The summed E-state index contributed by atoms with van der Waals surface area (Å²) in [5, 5.41) is 0. The van der Waals surface area contributed by atoms with Crippen molar-refractivity contribution in [1.29, 1.82) is 0 Å². The summed E-state index contributed by atoms with van der Waals surface area (Å²) in [6, 6.07) is 0. The molecule has 1 aliphatic heterocycles. The molecule has 2 amide bonds. The van der Waals surface area contributed by atoms with Crippen molar-refractivity contribution in [2.75, 3.05) is 12.4 Å². The molecule has 0 saturated carbocycles. The topological polar surface area (TPSA) is 37.4 Å². The fourth-order valence-corrected chi connectivity index (χ4v) is 1.73. The number of hydrogen-bond donors (Lipinski definition) is 0. The minimum atomic E-state index is -0.253. The van der Waals surface area contributed by atoms with E-state index in [-0.39, 0.29) is 23.6 Å². The number of nitrogens with zero attached hydrogens (tertiary/aromatic N) is 1. The zero-order valence-electron chi connectivity index (χ0n) is 8.62. The van der Waals surface area contributed by atoms with Crippen molar-refractivity contribution < 1.29 is 9.59 Å². The SMILES string of the molecule is CCC1CC(=O)N(C(=O)C(C)CCl)C1. The maximum Gasteiger partial charge on any atom is 0.233 e. The molecule has 1 heterocycles. The van der Waals surface area contributed by atoms with Crippen molar-refractivity contribution in [2.24, 2.45) is 11.8 Å². The minimum absolute atomic E-state index is 0.0428. The van der Waals surface area contributed by atoms with Crippen molar-refractivity contribution in [3.05, 3.63) is 0 Å². The number of likely N-dealkylation sites (tertiary alicyclic amines) is 1. The Labute approximate surface area is 89.4 Å². The Bertz CT molecular complexity index is 242. The lowest BCUT2D eigenvalue weighted by molar-refractivity contribution is -0.143. The van der Waals surface area contributed by atoms with Gasteiger partial charge in [-0.1, -0.05) is 20.3 Å². The van der Waals surface area contributed by atoms with Crippen LogP contribution in [0.4, 0.5) is 0 Å². The first-order chi connectivity index (χ1) is 6.60. The van der Waals surface area contributed by atoms with Gasteiger partial charge in [0.05, 0.1) is 0 Å². The Morgan fingerprint density at radius 3 is 2.79 bits per heavy atom. The monoisotopic (exact) mass is 217 g/mol. The third kappa shape index (κ3) is 2.27. The van der Waals surface area contributed by atoms with Crippen LogP contribution in [-0.2, 0) is 9.59 Å². The number of halogens is 1. The van der Waals surface area contributed by atoms with Crippen molar-refractivity contribution in [2.45, 2.75) is 26.7 Å². The molecule has 80 valence electrons. The Hall–Kier alpha value is -0.570. The summed E-state index contributed by atoms with van der Waals surface area (Å²) in [5.41, 5.74) is 0. The number of hydrogen-bond acceptors (Lipinski definition) is 2. The summed E-state index contributed by atoms with van der Waals surface area (Å²) < 4.78 is 0. The van der Waals surface area contributed by atoms with Crippen LogP contribution in [0.25, 0.3) is 0 Å². The standard InChI is InChI=1S/C10H16ClNO2/c1-3-8-4-9(13)12(6-8)10(14)7(2)5-11/h7-8H,3-6H2,1-2H3. The average molecular weight is 218 g/mol. The number of rotatable bonds is 3. The molecule has 0 aromatic rings.